The summed E-state index contributed by atoms with van der Waals surface area (Å²) in [6.45, 7) is 4.98. The molecule has 0 bridgehead atoms. The Bertz CT molecular complexity index is 136. The third-order valence-corrected chi connectivity index (χ3v) is 2.90. The molecule has 1 aliphatic rings. The summed E-state index contributed by atoms with van der Waals surface area (Å²) >= 11 is 0. The molecule has 1 saturated heterocycles. The summed E-state index contributed by atoms with van der Waals surface area (Å²) in [4.78, 5) is 10.8. The Morgan fingerprint density at radius 2 is 2.09 bits per heavy atom. The van der Waals surface area contributed by atoms with Crippen molar-refractivity contribution in [2.75, 3.05) is 6.61 Å². The molecule has 0 aromatic carbocycles. The lowest BCUT2D eigenvalue weighted by Gasteiger charge is -2.34. The van der Waals surface area contributed by atoms with Gasteiger partial charge in [0.1, 0.15) is 0 Å². The average Bonchev–Trinajstić information content (AvgIpc) is 2.07. The smallest absolute Gasteiger partial charge is 0.305 e. The number of ether oxygens (including phenoxy) is 1. The van der Waals surface area contributed by atoms with Crippen LogP contribution in [0.3, 0.4) is 0 Å². The molecule has 0 spiro atoms. The van der Waals surface area contributed by atoms with Gasteiger partial charge in [0.05, 0.1) is 6.61 Å². The van der Waals surface area contributed by atoms with E-state index in [0.717, 1.165) is 19.3 Å². The van der Waals surface area contributed by atoms with E-state index in [2.05, 4.69) is 13.8 Å². The van der Waals surface area contributed by atoms with Gasteiger partial charge in [0.2, 0.25) is 0 Å². The molecule has 2 heteroatoms. The first-order chi connectivity index (χ1) is 5.22. The lowest BCUT2D eigenvalue weighted by molar-refractivity contribution is -0.154. The SMILES string of the molecule is CCC1(CC)CCC(=O)OC1. The summed E-state index contributed by atoms with van der Waals surface area (Å²) in [5.74, 6) is -0.0254. The molecule has 1 aliphatic heterocycles. The van der Waals surface area contributed by atoms with Crippen LogP contribution in [0.2, 0.25) is 0 Å². The molecular formula is C9H16O2. The third kappa shape index (κ3) is 1.73. The summed E-state index contributed by atoms with van der Waals surface area (Å²) in [6.07, 6.45) is 3.87. The minimum Gasteiger partial charge on any atom is -0.465 e. The van der Waals surface area contributed by atoms with Crippen LogP contribution in [0.5, 0.6) is 0 Å². The van der Waals surface area contributed by atoms with Gasteiger partial charge in [-0.3, -0.25) is 4.79 Å². The van der Waals surface area contributed by atoms with Crippen molar-refractivity contribution in [2.24, 2.45) is 5.41 Å². The molecule has 2 nitrogen and oxygen atoms in total. The average molecular weight is 156 g/mol. The van der Waals surface area contributed by atoms with Crippen molar-refractivity contribution in [3.05, 3.63) is 0 Å². The highest BCUT2D eigenvalue weighted by molar-refractivity contribution is 5.70. The van der Waals surface area contributed by atoms with Crippen LogP contribution < -0.4 is 0 Å². The Morgan fingerprint density at radius 1 is 1.45 bits per heavy atom. The monoisotopic (exact) mass is 156 g/mol. The molecule has 0 N–H and O–H groups in total. The Hall–Kier alpha value is -0.530. The van der Waals surface area contributed by atoms with E-state index in [1.54, 1.807) is 0 Å². The summed E-state index contributed by atoms with van der Waals surface area (Å²) < 4.78 is 5.04. The Labute approximate surface area is 67.9 Å². The van der Waals surface area contributed by atoms with Gasteiger partial charge < -0.3 is 4.74 Å². The summed E-state index contributed by atoms with van der Waals surface area (Å²) in [5, 5.41) is 0. The fourth-order valence-corrected chi connectivity index (χ4v) is 1.55. The minimum atomic E-state index is -0.0254. The van der Waals surface area contributed by atoms with Crippen LogP contribution in [-0.2, 0) is 9.53 Å². The predicted octanol–water partition coefficient (Wildman–Crippen LogP) is 2.13. The van der Waals surface area contributed by atoms with Crippen LogP contribution in [0.25, 0.3) is 0 Å². The molecule has 64 valence electrons. The maximum atomic E-state index is 10.8. The van der Waals surface area contributed by atoms with Gasteiger partial charge in [0.25, 0.3) is 0 Å². The van der Waals surface area contributed by atoms with E-state index in [9.17, 15) is 4.79 Å². The lowest BCUT2D eigenvalue weighted by atomic mass is 9.78. The first kappa shape index (κ1) is 8.57. The first-order valence-corrected chi connectivity index (χ1v) is 4.38. The second-order valence-corrected chi connectivity index (χ2v) is 3.37. The van der Waals surface area contributed by atoms with Gasteiger partial charge in [0.15, 0.2) is 0 Å². The molecule has 0 amide bonds. The van der Waals surface area contributed by atoms with Gasteiger partial charge in [0, 0.05) is 11.8 Å². The summed E-state index contributed by atoms with van der Waals surface area (Å²) in [6, 6.07) is 0. The largest absolute Gasteiger partial charge is 0.465 e. The predicted molar refractivity (Wildman–Crippen MR) is 43.2 cm³/mol. The van der Waals surface area contributed by atoms with Gasteiger partial charge >= 0.3 is 5.97 Å². The van der Waals surface area contributed by atoms with Gasteiger partial charge in [-0.1, -0.05) is 13.8 Å². The van der Waals surface area contributed by atoms with Gasteiger partial charge in [-0.15, -0.1) is 0 Å². The van der Waals surface area contributed by atoms with Crippen molar-refractivity contribution >= 4 is 5.97 Å². The lowest BCUT2D eigenvalue weighted by Crippen LogP contribution is -2.32. The van der Waals surface area contributed by atoms with Crippen LogP contribution in [0.15, 0.2) is 0 Å². The van der Waals surface area contributed by atoms with Gasteiger partial charge in [-0.25, -0.2) is 0 Å². The molecule has 0 atom stereocenters. The number of carbonyl (C=O) groups excluding carboxylic acids is 1. The fraction of sp³-hybridized carbons (Fsp3) is 0.889. The van der Waals surface area contributed by atoms with Crippen molar-refractivity contribution in [1.82, 2.24) is 0 Å². The normalized spacial score (nSPS) is 22.9. The van der Waals surface area contributed by atoms with E-state index >= 15 is 0 Å². The Morgan fingerprint density at radius 3 is 2.45 bits per heavy atom. The molecule has 0 aromatic heterocycles. The summed E-state index contributed by atoms with van der Waals surface area (Å²) in [5.41, 5.74) is 0.300. The van der Waals surface area contributed by atoms with Crippen LogP contribution in [0.4, 0.5) is 0 Å². The second-order valence-electron chi connectivity index (χ2n) is 3.37. The van der Waals surface area contributed by atoms with Gasteiger partial charge in [-0.2, -0.15) is 0 Å². The number of carbonyl (C=O) groups is 1. The highest BCUT2D eigenvalue weighted by Crippen LogP contribution is 2.35. The third-order valence-electron chi connectivity index (χ3n) is 2.90. The van der Waals surface area contributed by atoms with Crippen LogP contribution in [0, 0.1) is 5.41 Å². The zero-order chi connectivity index (χ0) is 8.32. The molecule has 0 saturated carbocycles. The van der Waals surface area contributed by atoms with E-state index < -0.39 is 0 Å². The van der Waals surface area contributed by atoms with Crippen molar-refractivity contribution in [3.63, 3.8) is 0 Å². The molecule has 0 unspecified atom stereocenters. The van der Waals surface area contributed by atoms with Crippen molar-refractivity contribution in [3.8, 4) is 0 Å². The van der Waals surface area contributed by atoms with E-state index in [-0.39, 0.29) is 5.97 Å². The maximum Gasteiger partial charge on any atom is 0.305 e. The number of esters is 1. The number of rotatable bonds is 2. The molecule has 0 radical (unpaired) electrons. The quantitative estimate of drug-likeness (QED) is 0.572. The van der Waals surface area contributed by atoms with E-state index in [1.165, 1.54) is 0 Å². The summed E-state index contributed by atoms with van der Waals surface area (Å²) in [7, 11) is 0. The Kier molecular flexibility index (Phi) is 2.53. The maximum absolute atomic E-state index is 10.8. The molecule has 0 aliphatic carbocycles. The highest BCUT2D eigenvalue weighted by atomic mass is 16.5. The molecule has 0 aromatic rings. The number of cyclic esters (lactones) is 1. The minimum absolute atomic E-state index is 0.0254. The molecule has 1 fully saturated rings. The number of hydrogen-bond acceptors (Lipinski definition) is 2. The first-order valence-electron chi connectivity index (χ1n) is 4.38. The topological polar surface area (TPSA) is 26.3 Å². The number of hydrogen-bond donors (Lipinski definition) is 0. The van der Waals surface area contributed by atoms with Crippen LogP contribution >= 0.6 is 0 Å². The molecule has 1 heterocycles. The molecular weight excluding hydrogens is 140 g/mol. The van der Waals surface area contributed by atoms with Crippen molar-refractivity contribution < 1.29 is 9.53 Å². The zero-order valence-electron chi connectivity index (χ0n) is 7.35. The second kappa shape index (κ2) is 3.24. The van der Waals surface area contributed by atoms with Gasteiger partial charge in [-0.05, 0) is 19.3 Å². The van der Waals surface area contributed by atoms with Crippen LogP contribution in [-0.4, -0.2) is 12.6 Å². The van der Waals surface area contributed by atoms with E-state index in [0.29, 0.717) is 18.4 Å². The zero-order valence-corrected chi connectivity index (χ0v) is 7.35. The van der Waals surface area contributed by atoms with Crippen molar-refractivity contribution in [2.45, 2.75) is 39.5 Å². The van der Waals surface area contributed by atoms with Crippen LogP contribution in [0.1, 0.15) is 39.5 Å². The molecule has 11 heavy (non-hydrogen) atoms. The fourth-order valence-electron chi connectivity index (χ4n) is 1.55. The standard InChI is InChI=1S/C9H16O2/c1-3-9(4-2)6-5-8(10)11-7-9/h3-7H2,1-2H3. The van der Waals surface area contributed by atoms with E-state index in [4.69, 9.17) is 4.74 Å². The molecule has 1 rings (SSSR count). The Balaban J connectivity index is 2.52. The highest BCUT2D eigenvalue weighted by Gasteiger charge is 2.32. The van der Waals surface area contributed by atoms with Crippen molar-refractivity contribution in [1.29, 1.82) is 0 Å². The van der Waals surface area contributed by atoms with E-state index in [1.807, 2.05) is 0 Å².